The van der Waals surface area contributed by atoms with Crippen molar-refractivity contribution in [3.63, 3.8) is 0 Å². The molecule has 124 valence electrons. The highest BCUT2D eigenvalue weighted by Gasteiger charge is 2.18. The van der Waals surface area contributed by atoms with E-state index in [1.807, 2.05) is 35.9 Å². The molecule has 3 rings (SSSR count). The van der Waals surface area contributed by atoms with Crippen molar-refractivity contribution < 1.29 is 4.79 Å². The summed E-state index contributed by atoms with van der Waals surface area (Å²) in [5, 5.41) is 14.3. The van der Waals surface area contributed by atoms with E-state index in [1.54, 1.807) is 6.20 Å². The molecule has 1 fully saturated rings. The molecule has 7 heteroatoms. The minimum Gasteiger partial charge on any atom is -0.347 e. The van der Waals surface area contributed by atoms with Gasteiger partial charge in [-0.25, -0.2) is 4.68 Å². The summed E-state index contributed by atoms with van der Waals surface area (Å²) in [7, 11) is 0. The van der Waals surface area contributed by atoms with Crippen LogP contribution in [0, 0.1) is 6.92 Å². The fraction of sp³-hybridized carbons (Fsp3) is 0.438. The summed E-state index contributed by atoms with van der Waals surface area (Å²) >= 11 is 0. The summed E-state index contributed by atoms with van der Waals surface area (Å²) in [6, 6.07) is 8.36. The maximum atomic E-state index is 12.2. The summed E-state index contributed by atoms with van der Waals surface area (Å²) < 4.78 is 1.82. The third kappa shape index (κ3) is 4.30. The van der Waals surface area contributed by atoms with Crippen LogP contribution >= 0.6 is 12.4 Å². The normalized spacial score (nSPS) is 15.0. The Morgan fingerprint density at radius 3 is 2.83 bits per heavy atom. The highest BCUT2D eigenvalue weighted by molar-refractivity contribution is 5.91. The highest BCUT2D eigenvalue weighted by Crippen LogP contribution is 2.17. The molecular weight excluding hydrogens is 314 g/mol. The van der Waals surface area contributed by atoms with Gasteiger partial charge in [0.2, 0.25) is 0 Å². The molecular formula is C16H22ClN5O. The molecule has 0 radical (unpaired) electrons. The van der Waals surface area contributed by atoms with Gasteiger partial charge in [-0.15, -0.1) is 17.5 Å². The Balaban J connectivity index is 0.00000192. The van der Waals surface area contributed by atoms with Crippen LogP contribution in [0.4, 0.5) is 0 Å². The van der Waals surface area contributed by atoms with Crippen molar-refractivity contribution in [1.29, 1.82) is 0 Å². The van der Waals surface area contributed by atoms with Crippen molar-refractivity contribution in [2.75, 3.05) is 13.1 Å². The van der Waals surface area contributed by atoms with Crippen LogP contribution in [0.5, 0.6) is 0 Å². The second-order valence-corrected chi connectivity index (χ2v) is 5.67. The van der Waals surface area contributed by atoms with Crippen LogP contribution in [-0.2, 0) is 6.54 Å². The SMILES string of the molecule is Cc1ccccc1CNC(=O)c1cn(C2CCNCC2)nn1.Cl. The van der Waals surface area contributed by atoms with Gasteiger partial charge in [0.1, 0.15) is 0 Å². The van der Waals surface area contributed by atoms with E-state index in [0.29, 0.717) is 18.3 Å². The fourth-order valence-electron chi connectivity index (χ4n) is 2.70. The molecule has 1 aromatic carbocycles. The fourth-order valence-corrected chi connectivity index (χ4v) is 2.70. The molecule has 0 aliphatic carbocycles. The van der Waals surface area contributed by atoms with Gasteiger partial charge in [0.15, 0.2) is 5.69 Å². The molecule has 2 heterocycles. The van der Waals surface area contributed by atoms with Crippen molar-refractivity contribution >= 4 is 18.3 Å². The summed E-state index contributed by atoms with van der Waals surface area (Å²) in [4.78, 5) is 12.2. The smallest absolute Gasteiger partial charge is 0.273 e. The van der Waals surface area contributed by atoms with Crippen LogP contribution in [0.1, 0.15) is 40.5 Å². The second kappa shape index (κ2) is 8.08. The van der Waals surface area contributed by atoms with E-state index in [-0.39, 0.29) is 18.3 Å². The zero-order chi connectivity index (χ0) is 15.4. The summed E-state index contributed by atoms with van der Waals surface area (Å²) in [5.41, 5.74) is 2.66. The molecule has 1 amide bonds. The van der Waals surface area contributed by atoms with Crippen LogP contribution in [0.25, 0.3) is 0 Å². The zero-order valence-electron chi connectivity index (χ0n) is 13.2. The molecule has 0 bridgehead atoms. The number of hydrogen-bond donors (Lipinski definition) is 2. The van der Waals surface area contributed by atoms with Crippen LogP contribution < -0.4 is 10.6 Å². The van der Waals surface area contributed by atoms with Crippen molar-refractivity contribution in [2.45, 2.75) is 32.4 Å². The van der Waals surface area contributed by atoms with Gasteiger partial charge in [0, 0.05) is 6.54 Å². The number of nitrogens with one attached hydrogen (secondary N) is 2. The van der Waals surface area contributed by atoms with Crippen LogP contribution in [0.15, 0.2) is 30.5 Å². The number of hydrogen-bond acceptors (Lipinski definition) is 4. The van der Waals surface area contributed by atoms with E-state index in [1.165, 1.54) is 5.56 Å². The lowest BCUT2D eigenvalue weighted by Crippen LogP contribution is -2.29. The molecule has 1 aliphatic heterocycles. The number of aryl methyl sites for hydroxylation is 1. The van der Waals surface area contributed by atoms with Crippen molar-refractivity contribution in [3.05, 3.63) is 47.3 Å². The van der Waals surface area contributed by atoms with Crippen LogP contribution in [0.3, 0.4) is 0 Å². The molecule has 1 aromatic heterocycles. The Morgan fingerprint density at radius 2 is 2.09 bits per heavy atom. The molecule has 1 saturated heterocycles. The quantitative estimate of drug-likeness (QED) is 0.894. The Morgan fingerprint density at radius 1 is 1.35 bits per heavy atom. The molecule has 0 unspecified atom stereocenters. The first-order valence-electron chi connectivity index (χ1n) is 7.69. The number of benzene rings is 1. The van der Waals surface area contributed by atoms with E-state index in [2.05, 4.69) is 20.9 Å². The van der Waals surface area contributed by atoms with Gasteiger partial charge in [-0.3, -0.25) is 4.79 Å². The van der Waals surface area contributed by atoms with E-state index >= 15 is 0 Å². The van der Waals surface area contributed by atoms with E-state index in [9.17, 15) is 4.79 Å². The van der Waals surface area contributed by atoms with Crippen molar-refractivity contribution in [3.8, 4) is 0 Å². The number of rotatable bonds is 4. The third-order valence-electron chi connectivity index (χ3n) is 4.13. The number of aromatic nitrogens is 3. The Hall–Kier alpha value is -1.92. The molecule has 23 heavy (non-hydrogen) atoms. The molecule has 0 spiro atoms. The van der Waals surface area contributed by atoms with Gasteiger partial charge in [-0.2, -0.15) is 0 Å². The maximum absolute atomic E-state index is 12.2. The van der Waals surface area contributed by atoms with E-state index < -0.39 is 0 Å². The van der Waals surface area contributed by atoms with E-state index in [4.69, 9.17) is 0 Å². The number of piperidine rings is 1. The first kappa shape index (κ1) is 17.4. The topological polar surface area (TPSA) is 71.8 Å². The standard InChI is InChI=1S/C16H21N5O.ClH/c1-12-4-2-3-5-13(12)10-18-16(22)15-11-21(20-19-15)14-6-8-17-9-7-14;/h2-5,11,14,17H,6-10H2,1H3,(H,18,22);1H. The lowest BCUT2D eigenvalue weighted by Gasteiger charge is -2.22. The third-order valence-corrected chi connectivity index (χ3v) is 4.13. The predicted octanol–water partition coefficient (Wildman–Crippen LogP) is 1.86. The average molecular weight is 336 g/mol. The number of nitrogens with zero attached hydrogens (tertiary/aromatic N) is 3. The lowest BCUT2D eigenvalue weighted by molar-refractivity contribution is 0.0945. The minimum atomic E-state index is -0.177. The molecule has 1 aliphatic rings. The average Bonchev–Trinajstić information content (AvgIpc) is 3.05. The van der Waals surface area contributed by atoms with Crippen molar-refractivity contribution in [1.82, 2.24) is 25.6 Å². The molecule has 2 N–H and O–H groups in total. The van der Waals surface area contributed by atoms with Crippen molar-refractivity contribution in [2.24, 2.45) is 0 Å². The maximum Gasteiger partial charge on any atom is 0.273 e. The Labute approximate surface area is 142 Å². The molecule has 0 atom stereocenters. The van der Waals surface area contributed by atoms with Gasteiger partial charge < -0.3 is 10.6 Å². The first-order chi connectivity index (χ1) is 10.7. The van der Waals surface area contributed by atoms with Crippen LogP contribution in [0.2, 0.25) is 0 Å². The van der Waals surface area contributed by atoms with Gasteiger partial charge in [0.25, 0.3) is 5.91 Å². The monoisotopic (exact) mass is 335 g/mol. The predicted molar refractivity (Wildman–Crippen MR) is 90.8 cm³/mol. The number of carbonyl (C=O) groups is 1. The first-order valence-corrected chi connectivity index (χ1v) is 7.69. The Kier molecular flexibility index (Phi) is 6.12. The number of carbonyl (C=O) groups excluding carboxylic acids is 1. The van der Waals surface area contributed by atoms with Gasteiger partial charge in [-0.1, -0.05) is 29.5 Å². The van der Waals surface area contributed by atoms with Crippen LogP contribution in [-0.4, -0.2) is 34.0 Å². The molecule has 0 saturated carbocycles. The summed E-state index contributed by atoms with van der Waals surface area (Å²) in [5.74, 6) is -0.177. The Bertz CT molecular complexity index is 651. The van der Waals surface area contributed by atoms with E-state index in [0.717, 1.165) is 31.5 Å². The zero-order valence-corrected chi connectivity index (χ0v) is 14.0. The number of amides is 1. The summed E-state index contributed by atoms with van der Waals surface area (Å²) in [6.45, 7) is 4.51. The number of halogens is 1. The lowest BCUT2D eigenvalue weighted by atomic mass is 10.1. The molecule has 2 aromatic rings. The molecule has 6 nitrogen and oxygen atoms in total. The highest BCUT2D eigenvalue weighted by atomic mass is 35.5. The second-order valence-electron chi connectivity index (χ2n) is 5.67. The van der Waals surface area contributed by atoms with Gasteiger partial charge in [-0.05, 0) is 44.0 Å². The van der Waals surface area contributed by atoms with Gasteiger partial charge in [0.05, 0.1) is 12.2 Å². The van der Waals surface area contributed by atoms with Gasteiger partial charge >= 0.3 is 0 Å². The summed E-state index contributed by atoms with van der Waals surface area (Å²) in [6.07, 6.45) is 3.80. The minimum absolute atomic E-state index is 0. The largest absolute Gasteiger partial charge is 0.347 e.